The summed E-state index contributed by atoms with van der Waals surface area (Å²) in [6.07, 6.45) is 5.07. The maximum absolute atomic E-state index is 4.57. The Labute approximate surface area is 77.2 Å². The smallest absolute Gasteiger partial charge is 0.118 e. The van der Waals surface area contributed by atoms with Gasteiger partial charge in [-0.05, 0) is 38.2 Å². The summed E-state index contributed by atoms with van der Waals surface area (Å²) in [5.74, 6) is 0. The molecule has 0 atom stereocenters. The first-order valence-electron chi connectivity index (χ1n) is 4.42. The summed E-state index contributed by atoms with van der Waals surface area (Å²) in [4.78, 5) is 6.07. The highest BCUT2D eigenvalue weighted by Crippen LogP contribution is 2.29. The van der Waals surface area contributed by atoms with E-state index in [1.54, 1.807) is 0 Å². The summed E-state index contributed by atoms with van der Waals surface area (Å²) in [6, 6.07) is 0. The van der Waals surface area contributed by atoms with Crippen LogP contribution in [-0.2, 0) is 12.8 Å². The highest BCUT2D eigenvalue weighted by atomic mass is 32.1. The van der Waals surface area contributed by atoms with Crippen LogP contribution in [0.25, 0.3) is 5.57 Å². The van der Waals surface area contributed by atoms with Crippen LogP contribution in [-0.4, -0.2) is 4.98 Å². The van der Waals surface area contributed by atoms with Gasteiger partial charge in [0, 0.05) is 4.88 Å². The number of nitrogens with zero attached hydrogens (tertiary/aromatic N) is 1. The molecular formula is C10H13NS. The summed E-state index contributed by atoms with van der Waals surface area (Å²) in [5.41, 5.74) is 2.44. The zero-order chi connectivity index (χ0) is 8.55. The summed E-state index contributed by atoms with van der Waals surface area (Å²) in [6.45, 7) is 5.95. The van der Waals surface area contributed by atoms with Gasteiger partial charge >= 0.3 is 0 Å². The molecule has 1 aromatic rings. The van der Waals surface area contributed by atoms with Crippen molar-refractivity contribution in [3.63, 3.8) is 0 Å². The number of hydrogen-bond donors (Lipinski definition) is 0. The molecule has 0 N–H and O–H groups in total. The number of rotatable bonds is 1. The maximum atomic E-state index is 4.57. The molecule has 0 aliphatic heterocycles. The number of aryl methyl sites for hydroxylation is 2. The van der Waals surface area contributed by atoms with E-state index in [0.29, 0.717) is 0 Å². The number of hydrogen-bond acceptors (Lipinski definition) is 2. The summed E-state index contributed by atoms with van der Waals surface area (Å²) >= 11 is 1.83. The molecule has 1 heterocycles. The first kappa shape index (κ1) is 7.99. The molecule has 12 heavy (non-hydrogen) atoms. The molecule has 1 aliphatic rings. The highest BCUT2D eigenvalue weighted by molar-refractivity contribution is 7.12. The lowest BCUT2D eigenvalue weighted by atomic mass is 10.0. The SMILES string of the molecule is C=C(C)c1nc2c(s1)CCCC2. The second-order valence-corrected chi connectivity index (χ2v) is 4.46. The van der Waals surface area contributed by atoms with Gasteiger partial charge in [0.05, 0.1) is 5.69 Å². The maximum Gasteiger partial charge on any atom is 0.118 e. The third-order valence-corrected chi connectivity index (χ3v) is 3.53. The van der Waals surface area contributed by atoms with Crippen molar-refractivity contribution in [3.8, 4) is 0 Å². The molecule has 0 spiro atoms. The van der Waals surface area contributed by atoms with Crippen molar-refractivity contribution in [2.45, 2.75) is 32.6 Å². The molecule has 0 radical (unpaired) electrons. The molecule has 2 heteroatoms. The highest BCUT2D eigenvalue weighted by Gasteiger charge is 2.14. The molecule has 64 valence electrons. The Morgan fingerprint density at radius 3 is 2.83 bits per heavy atom. The van der Waals surface area contributed by atoms with E-state index < -0.39 is 0 Å². The molecule has 1 aliphatic carbocycles. The molecule has 1 aromatic heterocycles. The van der Waals surface area contributed by atoms with Crippen molar-refractivity contribution in [3.05, 3.63) is 22.2 Å². The minimum Gasteiger partial charge on any atom is -0.241 e. The van der Waals surface area contributed by atoms with Crippen LogP contribution in [0.15, 0.2) is 6.58 Å². The van der Waals surface area contributed by atoms with Gasteiger partial charge in [-0.25, -0.2) is 4.98 Å². The van der Waals surface area contributed by atoms with E-state index in [4.69, 9.17) is 0 Å². The number of aromatic nitrogens is 1. The van der Waals surface area contributed by atoms with E-state index in [-0.39, 0.29) is 0 Å². The fourth-order valence-corrected chi connectivity index (χ4v) is 2.61. The van der Waals surface area contributed by atoms with Gasteiger partial charge in [0.15, 0.2) is 0 Å². The Hall–Kier alpha value is -0.630. The van der Waals surface area contributed by atoms with E-state index >= 15 is 0 Å². The fraction of sp³-hybridized carbons (Fsp3) is 0.500. The number of fused-ring (bicyclic) bond motifs is 1. The average Bonchev–Trinajstić information content (AvgIpc) is 2.46. The standard InChI is InChI=1S/C10H13NS/c1-7(2)10-11-8-5-3-4-6-9(8)12-10/h1,3-6H2,2H3. The van der Waals surface area contributed by atoms with Crippen molar-refractivity contribution in [2.24, 2.45) is 0 Å². The molecule has 1 nitrogen and oxygen atoms in total. The van der Waals surface area contributed by atoms with E-state index in [1.807, 2.05) is 18.3 Å². The van der Waals surface area contributed by atoms with Crippen LogP contribution >= 0.6 is 11.3 Å². The molecular weight excluding hydrogens is 166 g/mol. The summed E-state index contributed by atoms with van der Waals surface area (Å²) in [7, 11) is 0. The zero-order valence-corrected chi connectivity index (χ0v) is 8.21. The molecule has 0 aromatic carbocycles. The second kappa shape index (κ2) is 3.02. The van der Waals surface area contributed by atoms with Crippen molar-refractivity contribution < 1.29 is 0 Å². The van der Waals surface area contributed by atoms with Crippen LogP contribution in [0.4, 0.5) is 0 Å². The molecule has 2 rings (SSSR count). The largest absolute Gasteiger partial charge is 0.241 e. The summed E-state index contributed by atoms with van der Waals surface area (Å²) < 4.78 is 0. The summed E-state index contributed by atoms with van der Waals surface area (Å²) in [5, 5.41) is 1.14. The minimum atomic E-state index is 1.11. The molecule has 0 fully saturated rings. The molecule has 0 amide bonds. The van der Waals surface area contributed by atoms with Gasteiger partial charge in [0.1, 0.15) is 5.01 Å². The van der Waals surface area contributed by atoms with E-state index in [1.165, 1.54) is 36.3 Å². The van der Waals surface area contributed by atoms with Crippen LogP contribution in [0, 0.1) is 0 Å². The molecule has 0 unspecified atom stereocenters. The Morgan fingerprint density at radius 1 is 1.42 bits per heavy atom. The van der Waals surface area contributed by atoms with E-state index in [0.717, 1.165) is 10.6 Å². The Bertz CT molecular complexity index is 288. The van der Waals surface area contributed by atoms with Crippen molar-refractivity contribution in [1.82, 2.24) is 4.98 Å². The fourth-order valence-electron chi connectivity index (χ4n) is 1.53. The third-order valence-electron chi connectivity index (χ3n) is 2.21. The predicted molar refractivity (Wildman–Crippen MR) is 53.5 cm³/mol. The molecule has 0 saturated carbocycles. The lowest BCUT2D eigenvalue weighted by Crippen LogP contribution is -1.98. The second-order valence-electron chi connectivity index (χ2n) is 3.38. The van der Waals surface area contributed by atoms with E-state index in [9.17, 15) is 0 Å². The van der Waals surface area contributed by atoms with Crippen LogP contribution in [0.3, 0.4) is 0 Å². The van der Waals surface area contributed by atoms with Crippen LogP contribution < -0.4 is 0 Å². The van der Waals surface area contributed by atoms with Gasteiger partial charge in [0.25, 0.3) is 0 Å². The van der Waals surface area contributed by atoms with Crippen LogP contribution in [0.2, 0.25) is 0 Å². The van der Waals surface area contributed by atoms with E-state index in [2.05, 4.69) is 11.6 Å². The average molecular weight is 179 g/mol. The van der Waals surface area contributed by atoms with Gasteiger partial charge in [-0.1, -0.05) is 6.58 Å². The van der Waals surface area contributed by atoms with Crippen LogP contribution in [0.5, 0.6) is 0 Å². The molecule has 0 saturated heterocycles. The zero-order valence-electron chi connectivity index (χ0n) is 7.39. The van der Waals surface area contributed by atoms with Crippen LogP contribution in [0.1, 0.15) is 35.3 Å². The monoisotopic (exact) mass is 179 g/mol. The van der Waals surface area contributed by atoms with Gasteiger partial charge in [0.2, 0.25) is 0 Å². The van der Waals surface area contributed by atoms with Crippen molar-refractivity contribution in [1.29, 1.82) is 0 Å². The van der Waals surface area contributed by atoms with Gasteiger partial charge in [-0.3, -0.25) is 0 Å². The first-order chi connectivity index (χ1) is 5.77. The third kappa shape index (κ3) is 1.31. The minimum absolute atomic E-state index is 1.11. The first-order valence-corrected chi connectivity index (χ1v) is 5.23. The van der Waals surface area contributed by atoms with Gasteiger partial charge in [-0.2, -0.15) is 0 Å². The van der Waals surface area contributed by atoms with Crippen molar-refractivity contribution >= 4 is 16.9 Å². The Morgan fingerprint density at radius 2 is 2.17 bits per heavy atom. The topological polar surface area (TPSA) is 12.9 Å². The quantitative estimate of drug-likeness (QED) is 0.645. The number of allylic oxidation sites excluding steroid dienone is 1. The molecule has 0 bridgehead atoms. The van der Waals surface area contributed by atoms with Crippen molar-refractivity contribution in [2.75, 3.05) is 0 Å². The lowest BCUT2D eigenvalue weighted by Gasteiger charge is -2.06. The predicted octanol–water partition coefficient (Wildman–Crippen LogP) is 3.06. The lowest BCUT2D eigenvalue weighted by molar-refractivity contribution is 0.682. The Balaban J connectivity index is 2.38. The Kier molecular flexibility index (Phi) is 2.01. The van der Waals surface area contributed by atoms with Gasteiger partial charge < -0.3 is 0 Å². The number of thiazole rings is 1. The van der Waals surface area contributed by atoms with Gasteiger partial charge in [-0.15, -0.1) is 11.3 Å². The normalized spacial score (nSPS) is 15.8.